The molecule has 1 aliphatic carbocycles. The number of alkyl halides is 1. The summed E-state index contributed by atoms with van der Waals surface area (Å²) in [5.41, 5.74) is -1.24. The molecule has 2 unspecified atom stereocenters. The number of carbonyl (C=O) groups excluding carboxylic acids is 1. The highest BCUT2D eigenvalue weighted by Crippen LogP contribution is 2.51. The van der Waals surface area contributed by atoms with Gasteiger partial charge in [-0.25, -0.2) is 4.39 Å². The van der Waals surface area contributed by atoms with Gasteiger partial charge < -0.3 is 4.74 Å². The average Bonchev–Trinajstić information content (AvgIpc) is 3.01. The van der Waals surface area contributed by atoms with Gasteiger partial charge in [-0.05, 0) is 19.8 Å². The van der Waals surface area contributed by atoms with Crippen LogP contribution in [-0.4, -0.2) is 18.2 Å². The van der Waals surface area contributed by atoms with Crippen LogP contribution in [0.1, 0.15) is 71.6 Å². The first-order valence-electron chi connectivity index (χ1n) is 7.49. The average molecular weight is 258 g/mol. The van der Waals surface area contributed by atoms with Crippen LogP contribution in [0.2, 0.25) is 0 Å². The normalized spacial score (nSPS) is 26.1. The van der Waals surface area contributed by atoms with Gasteiger partial charge in [-0.2, -0.15) is 0 Å². The molecule has 0 saturated heterocycles. The maximum Gasteiger partial charge on any atom is 0.312 e. The van der Waals surface area contributed by atoms with E-state index in [0.717, 1.165) is 12.8 Å². The lowest BCUT2D eigenvalue weighted by Crippen LogP contribution is -2.14. The van der Waals surface area contributed by atoms with Crippen molar-refractivity contribution in [2.45, 2.75) is 77.3 Å². The van der Waals surface area contributed by atoms with Gasteiger partial charge in [-0.1, -0.05) is 51.9 Å². The van der Waals surface area contributed by atoms with Crippen molar-refractivity contribution < 1.29 is 13.9 Å². The molecular weight excluding hydrogens is 231 g/mol. The Bertz CT molecular complexity index is 255. The molecular formula is C15H27FO2. The molecule has 0 aromatic heterocycles. The zero-order valence-corrected chi connectivity index (χ0v) is 11.8. The summed E-state index contributed by atoms with van der Waals surface area (Å²) in [6.45, 7) is 4.31. The second kappa shape index (κ2) is 7.75. The van der Waals surface area contributed by atoms with Gasteiger partial charge in [0.25, 0.3) is 0 Å². The molecule has 3 heteroatoms. The van der Waals surface area contributed by atoms with Crippen molar-refractivity contribution in [2.24, 2.45) is 5.92 Å². The number of carbonyl (C=O) groups is 1. The van der Waals surface area contributed by atoms with E-state index in [1.165, 1.54) is 32.1 Å². The van der Waals surface area contributed by atoms with E-state index in [9.17, 15) is 9.18 Å². The summed E-state index contributed by atoms with van der Waals surface area (Å²) >= 11 is 0. The molecule has 0 aromatic rings. The molecule has 1 saturated carbocycles. The summed E-state index contributed by atoms with van der Waals surface area (Å²) in [6, 6.07) is 0. The third-order valence-electron chi connectivity index (χ3n) is 3.77. The van der Waals surface area contributed by atoms with Crippen LogP contribution < -0.4 is 0 Å². The number of hydrogen-bond acceptors (Lipinski definition) is 2. The van der Waals surface area contributed by atoms with Crippen LogP contribution >= 0.6 is 0 Å². The minimum absolute atomic E-state index is 0.344. The van der Waals surface area contributed by atoms with Crippen molar-refractivity contribution in [3.63, 3.8) is 0 Å². The van der Waals surface area contributed by atoms with Gasteiger partial charge in [-0.3, -0.25) is 4.79 Å². The third-order valence-corrected chi connectivity index (χ3v) is 3.77. The first-order valence-corrected chi connectivity index (χ1v) is 7.49. The molecule has 1 aliphatic rings. The maximum absolute atomic E-state index is 14.1. The molecule has 0 amide bonds. The van der Waals surface area contributed by atoms with Gasteiger partial charge in [0.15, 0.2) is 0 Å². The van der Waals surface area contributed by atoms with Crippen molar-refractivity contribution >= 4 is 5.97 Å². The molecule has 0 aliphatic heterocycles. The smallest absolute Gasteiger partial charge is 0.312 e. The molecule has 0 N–H and O–H groups in total. The van der Waals surface area contributed by atoms with Crippen LogP contribution in [0.15, 0.2) is 0 Å². The van der Waals surface area contributed by atoms with Crippen molar-refractivity contribution in [3.05, 3.63) is 0 Å². The molecule has 2 atom stereocenters. The highest BCUT2D eigenvalue weighted by atomic mass is 19.1. The molecule has 0 radical (unpaired) electrons. The van der Waals surface area contributed by atoms with Crippen molar-refractivity contribution in [3.8, 4) is 0 Å². The lowest BCUT2D eigenvalue weighted by molar-refractivity contribution is -0.145. The van der Waals surface area contributed by atoms with Gasteiger partial charge in [0.1, 0.15) is 5.67 Å². The zero-order chi connectivity index (χ0) is 13.4. The Hall–Kier alpha value is -0.600. The summed E-state index contributed by atoms with van der Waals surface area (Å²) in [4.78, 5) is 11.4. The summed E-state index contributed by atoms with van der Waals surface area (Å²) < 4.78 is 18.9. The van der Waals surface area contributed by atoms with Crippen LogP contribution in [0, 0.1) is 5.92 Å². The number of hydrogen-bond donors (Lipinski definition) is 0. The predicted octanol–water partition coefficient (Wildman–Crippen LogP) is 4.42. The van der Waals surface area contributed by atoms with E-state index in [1.54, 1.807) is 6.92 Å². The molecule has 0 aromatic carbocycles. The quantitative estimate of drug-likeness (QED) is 0.428. The van der Waals surface area contributed by atoms with E-state index in [-0.39, 0.29) is 5.97 Å². The standard InChI is InChI=1S/C15H27FO2/c1-3-5-6-7-8-9-10-11-15(16)12-13(15)14(17)18-4-2/h13H,3-12H2,1-2H3. The van der Waals surface area contributed by atoms with Gasteiger partial charge in [0.05, 0.1) is 12.5 Å². The molecule has 0 spiro atoms. The highest BCUT2D eigenvalue weighted by molar-refractivity contribution is 5.77. The fourth-order valence-corrected chi connectivity index (χ4v) is 2.47. The SMILES string of the molecule is CCCCCCCCCC1(F)CC1C(=O)OCC. The van der Waals surface area contributed by atoms with Gasteiger partial charge >= 0.3 is 5.97 Å². The van der Waals surface area contributed by atoms with E-state index in [2.05, 4.69) is 6.92 Å². The number of unbranched alkanes of at least 4 members (excludes halogenated alkanes) is 6. The summed E-state index contributed by atoms with van der Waals surface area (Å²) in [5, 5.41) is 0. The Kier molecular flexibility index (Phi) is 6.66. The minimum atomic E-state index is -1.24. The van der Waals surface area contributed by atoms with Crippen molar-refractivity contribution in [1.82, 2.24) is 0 Å². The Morgan fingerprint density at radius 1 is 1.17 bits per heavy atom. The summed E-state index contributed by atoms with van der Waals surface area (Å²) in [7, 11) is 0. The number of esters is 1. The predicted molar refractivity (Wildman–Crippen MR) is 71.2 cm³/mol. The molecule has 2 nitrogen and oxygen atoms in total. The van der Waals surface area contributed by atoms with Crippen LogP contribution in [0.5, 0.6) is 0 Å². The zero-order valence-electron chi connectivity index (χ0n) is 11.8. The maximum atomic E-state index is 14.1. The largest absolute Gasteiger partial charge is 0.466 e. The Labute approximate surface area is 110 Å². The molecule has 1 rings (SSSR count). The topological polar surface area (TPSA) is 26.3 Å². The first-order chi connectivity index (χ1) is 8.64. The second-order valence-electron chi connectivity index (χ2n) is 5.41. The second-order valence-corrected chi connectivity index (χ2v) is 5.41. The van der Waals surface area contributed by atoms with Crippen LogP contribution in [0.25, 0.3) is 0 Å². The number of rotatable bonds is 10. The highest BCUT2D eigenvalue weighted by Gasteiger charge is 2.59. The van der Waals surface area contributed by atoms with Crippen molar-refractivity contribution in [1.29, 1.82) is 0 Å². The fraction of sp³-hybridized carbons (Fsp3) is 0.933. The first kappa shape index (κ1) is 15.5. The van der Waals surface area contributed by atoms with Crippen LogP contribution in [-0.2, 0) is 9.53 Å². The molecule has 1 fully saturated rings. The van der Waals surface area contributed by atoms with Crippen LogP contribution in [0.4, 0.5) is 4.39 Å². The number of halogens is 1. The molecule has 18 heavy (non-hydrogen) atoms. The van der Waals surface area contributed by atoms with Gasteiger partial charge in [-0.15, -0.1) is 0 Å². The fourth-order valence-electron chi connectivity index (χ4n) is 2.47. The summed E-state index contributed by atoms with van der Waals surface area (Å²) in [6.07, 6.45) is 9.21. The van der Waals surface area contributed by atoms with E-state index >= 15 is 0 Å². The molecule has 0 heterocycles. The van der Waals surface area contributed by atoms with Gasteiger partial charge in [0.2, 0.25) is 0 Å². The minimum Gasteiger partial charge on any atom is -0.466 e. The molecule has 0 bridgehead atoms. The van der Waals surface area contributed by atoms with Crippen molar-refractivity contribution in [2.75, 3.05) is 6.61 Å². The monoisotopic (exact) mass is 258 g/mol. The Morgan fingerprint density at radius 2 is 1.78 bits per heavy atom. The van der Waals surface area contributed by atoms with Crippen LogP contribution in [0.3, 0.4) is 0 Å². The molecule has 106 valence electrons. The van der Waals surface area contributed by atoms with Gasteiger partial charge in [0, 0.05) is 0 Å². The van der Waals surface area contributed by atoms with E-state index in [0.29, 0.717) is 19.4 Å². The Balaban J connectivity index is 2.01. The van der Waals surface area contributed by atoms with E-state index in [4.69, 9.17) is 4.74 Å². The number of ether oxygens (including phenoxy) is 1. The Morgan fingerprint density at radius 3 is 2.39 bits per heavy atom. The third kappa shape index (κ3) is 4.95. The summed E-state index contributed by atoms with van der Waals surface area (Å²) in [5.74, 6) is -0.819. The van der Waals surface area contributed by atoms with E-state index < -0.39 is 11.6 Å². The lowest BCUT2D eigenvalue weighted by atomic mass is 10.1. The van der Waals surface area contributed by atoms with E-state index in [1.807, 2.05) is 0 Å². The lowest BCUT2D eigenvalue weighted by Gasteiger charge is -2.07.